The lowest BCUT2D eigenvalue weighted by molar-refractivity contribution is -0.136. The molecule has 190 valence electrons. The van der Waals surface area contributed by atoms with Crippen molar-refractivity contribution >= 4 is 17.5 Å². The van der Waals surface area contributed by atoms with E-state index in [1.54, 1.807) is 7.11 Å². The van der Waals surface area contributed by atoms with Crippen molar-refractivity contribution in [2.24, 2.45) is 11.8 Å². The molecule has 1 saturated heterocycles. The SMILES string of the molecule is COc1ccc(C)cc1CN1CC[C@@H](C(=O)N(Cc2cc(Cl)c3c(c2)OCCCO3)CC(C)C)C1. The molecule has 6 nitrogen and oxygen atoms in total. The molecule has 0 radical (unpaired) electrons. The van der Waals surface area contributed by atoms with Crippen molar-refractivity contribution in [3.8, 4) is 17.2 Å². The molecule has 1 fully saturated rings. The number of ether oxygens (including phenoxy) is 3. The van der Waals surface area contributed by atoms with Crippen molar-refractivity contribution in [1.82, 2.24) is 9.80 Å². The van der Waals surface area contributed by atoms with E-state index in [2.05, 4.69) is 37.8 Å². The summed E-state index contributed by atoms with van der Waals surface area (Å²) in [6, 6.07) is 10.1. The van der Waals surface area contributed by atoms with Crippen LogP contribution in [0.25, 0.3) is 0 Å². The van der Waals surface area contributed by atoms with E-state index in [0.717, 1.165) is 43.8 Å². The summed E-state index contributed by atoms with van der Waals surface area (Å²) in [6.07, 6.45) is 1.69. The molecule has 1 amide bonds. The summed E-state index contributed by atoms with van der Waals surface area (Å²) in [5.74, 6) is 2.73. The third kappa shape index (κ3) is 6.42. The first-order chi connectivity index (χ1) is 16.8. The number of halogens is 1. The van der Waals surface area contributed by atoms with Gasteiger partial charge in [0.2, 0.25) is 5.91 Å². The number of benzene rings is 2. The first-order valence-corrected chi connectivity index (χ1v) is 12.9. The minimum Gasteiger partial charge on any atom is -0.496 e. The second-order valence-corrected chi connectivity index (χ2v) is 10.5. The molecule has 0 saturated carbocycles. The Bertz CT molecular complexity index is 1040. The summed E-state index contributed by atoms with van der Waals surface area (Å²) in [6.45, 7) is 11.2. The lowest BCUT2D eigenvalue weighted by atomic mass is 10.0. The molecule has 0 spiro atoms. The van der Waals surface area contributed by atoms with Gasteiger partial charge in [-0.05, 0) is 49.6 Å². The van der Waals surface area contributed by atoms with E-state index in [-0.39, 0.29) is 11.8 Å². The van der Waals surface area contributed by atoms with E-state index in [9.17, 15) is 4.79 Å². The Morgan fingerprint density at radius 1 is 1.23 bits per heavy atom. The van der Waals surface area contributed by atoms with E-state index in [4.69, 9.17) is 25.8 Å². The van der Waals surface area contributed by atoms with Gasteiger partial charge >= 0.3 is 0 Å². The maximum Gasteiger partial charge on any atom is 0.227 e. The molecule has 0 bridgehead atoms. The van der Waals surface area contributed by atoms with E-state index >= 15 is 0 Å². The largest absolute Gasteiger partial charge is 0.496 e. The van der Waals surface area contributed by atoms with Crippen molar-refractivity contribution < 1.29 is 19.0 Å². The number of hydrogen-bond donors (Lipinski definition) is 0. The molecule has 7 heteroatoms. The van der Waals surface area contributed by atoms with Gasteiger partial charge in [0.25, 0.3) is 0 Å². The zero-order valence-electron chi connectivity index (χ0n) is 21.3. The van der Waals surface area contributed by atoms with Crippen molar-refractivity contribution in [1.29, 1.82) is 0 Å². The van der Waals surface area contributed by atoms with Crippen LogP contribution in [0.2, 0.25) is 5.02 Å². The van der Waals surface area contributed by atoms with E-state index in [0.29, 0.717) is 48.7 Å². The summed E-state index contributed by atoms with van der Waals surface area (Å²) >= 11 is 6.52. The minimum absolute atomic E-state index is 0.0135. The standard InChI is InChI=1S/C28H37ClN2O4/c1-19(2)15-31(16-21-13-24(29)27-26(14-21)34-10-5-11-35-27)28(32)22-8-9-30(17-22)18-23-12-20(3)6-7-25(23)33-4/h6-7,12-14,19,22H,5,8-11,15-18H2,1-4H3/t22-/m1/s1. The Kier molecular flexibility index (Phi) is 8.45. The van der Waals surface area contributed by atoms with Crippen LogP contribution in [0.1, 0.15) is 43.4 Å². The van der Waals surface area contributed by atoms with E-state index < -0.39 is 0 Å². The van der Waals surface area contributed by atoms with Crippen molar-refractivity contribution in [3.63, 3.8) is 0 Å². The van der Waals surface area contributed by atoms with Crippen LogP contribution in [0.15, 0.2) is 30.3 Å². The average molecular weight is 501 g/mol. The lowest BCUT2D eigenvalue weighted by Gasteiger charge is -2.28. The van der Waals surface area contributed by atoms with Crippen molar-refractivity contribution in [2.45, 2.75) is 46.7 Å². The van der Waals surface area contributed by atoms with Gasteiger partial charge in [0, 0.05) is 38.2 Å². The van der Waals surface area contributed by atoms with Gasteiger partial charge in [-0.1, -0.05) is 43.1 Å². The first-order valence-electron chi connectivity index (χ1n) is 12.6. The molecule has 2 aliphatic rings. The molecule has 2 heterocycles. The Morgan fingerprint density at radius 2 is 2.03 bits per heavy atom. The maximum atomic E-state index is 13.7. The molecule has 2 aromatic carbocycles. The highest BCUT2D eigenvalue weighted by atomic mass is 35.5. The Balaban J connectivity index is 1.46. The highest BCUT2D eigenvalue weighted by Gasteiger charge is 2.32. The smallest absolute Gasteiger partial charge is 0.227 e. The number of hydrogen-bond acceptors (Lipinski definition) is 5. The average Bonchev–Trinajstić information content (AvgIpc) is 3.14. The molecule has 1 atom stereocenters. The van der Waals surface area contributed by atoms with Crippen LogP contribution >= 0.6 is 11.6 Å². The number of methoxy groups -OCH3 is 1. The zero-order valence-corrected chi connectivity index (χ0v) is 22.1. The summed E-state index contributed by atoms with van der Waals surface area (Å²) in [5.41, 5.74) is 3.35. The maximum absolute atomic E-state index is 13.7. The molecule has 2 aromatic rings. The number of carbonyl (C=O) groups is 1. The highest BCUT2D eigenvalue weighted by molar-refractivity contribution is 6.32. The Morgan fingerprint density at radius 3 is 2.80 bits per heavy atom. The molecule has 0 unspecified atom stereocenters. The van der Waals surface area contributed by atoms with Crippen LogP contribution in [0.3, 0.4) is 0 Å². The Hall–Kier alpha value is -2.44. The highest BCUT2D eigenvalue weighted by Crippen LogP contribution is 2.38. The second kappa shape index (κ2) is 11.5. The molecular formula is C28H37ClN2O4. The molecule has 2 aliphatic heterocycles. The van der Waals surface area contributed by atoms with Gasteiger partial charge in [0.15, 0.2) is 11.5 Å². The summed E-state index contributed by atoms with van der Waals surface area (Å²) in [7, 11) is 1.71. The van der Waals surface area contributed by atoms with Crippen LogP contribution in [-0.4, -0.2) is 55.7 Å². The van der Waals surface area contributed by atoms with Crippen molar-refractivity contribution in [3.05, 3.63) is 52.0 Å². The van der Waals surface area contributed by atoms with Crippen LogP contribution in [-0.2, 0) is 17.9 Å². The summed E-state index contributed by atoms with van der Waals surface area (Å²) in [4.78, 5) is 18.0. The van der Waals surface area contributed by atoms with Crippen LogP contribution < -0.4 is 14.2 Å². The first kappa shape index (κ1) is 25.6. The van der Waals surface area contributed by atoms with Crippen LogP contribution in [0.5, 0.6) is 17.2 Å². The number of nitrogens with zero attached hydrogens (tertiary/aromatic N) is 2. The summed E-state index contributed by atoms with van der Waals surface area (Å²) < 4.78 is 17.2. The van der Waals surface area contributed by atoms with Gasteiger partial charge < -0.3 is 19.1 Å². The Labute approximate surface area is 214 Å². The molecule has 0 N–H and O–H groups in total. The number of amides is 1. The van der Waals surface area contributed by atoms with Gasteiger partial charge in [-0.2, -0.15) is 0 Å². The molecule has 0 aliphatic carbocycles. The van der Waals surface area contributed by atoms with Gasteiger partial charge in [0.1, 0.15) is 5.75 Å². The van der Waals surface area contributed by atoms with Gasteiger partial charge in [-0.3, -0.25) is 9.69 Å². The second-order valence-electron chi connectivity index (χ2n) is 10.1. The molecular weight excluding hydrogens is 464 g/mol. The van der Waals surface area contributed by atoms with Gasteiger partial charge in [-0.25, -0.2) is 0 Å². The predicted octanol–water partition coefficient (Wildman–Crippen LogP) is 5.33. The lowest BCUT2D eigenvalue weighted by Crippen LogP contribution is -2.39. The molecule has 35 heavy (non-hydrogen) atoms. The fourth-order valence-electron chi connectivity index (χ4n) is 4.98. The molecule has 0 aromatic heterocycles. The number of rotatable bonds is 8. The third-order valence-corrected chi connectivity index (χ3v) is 6.86. The number of likely N-dealkylation sites (tertiary alicyclic amines) is 1. The topological polar surface area (TPSA) is 51.2 Å². The fourth-order valence-corrected chi connectivity index (χ4v) is 5.26. The minimum atomic E-state index is -0.0135. The van der Waals surface area contributed by atoms with E-state index in [1.807, 2.05) is 23.1 Å². The predicted molar refractivity (Wildman–Crippen MR) is 138 cm³/mol. The number of aryl methyl sites for hydroxylation is 1. The molecule has 4 rings (SSSR count). The number of carbonyl (C=O) groups excluding carboxylic acids is 1. The normalized spacial score (nSPS) is 17.9. The monoisotopic (exact) mass is 500 g/mol. The zero-order chi connectivity index (χ0) is 24.9. The number of fused-ring (bicyclic) bond motifs is 1. The third-order valence-electron chi connectivity index (χ3n) is 6.58. The van der Waals surface area contributed by atoms with Crippen LogP contribution in [0.4, 0.5) is 0 Å². The van der Waals surface area contributed by atoms with Crippen molar-refractivity contribution in [2.75, 3.05) is 40.0 Å². The summed E-state index contributed by atoms with van der Waals surface area (Å²) in [5, 5.41) is 0.537. The quantitative estimate of drug-likeness (QED) is 0.490. The van der Waals surface area contributed by atoms with Gasteiger partial charge in [0.05, 0.1) is 31.3 Å². The van der Waals surface area contributed by atoms with E-state index in [1.165, 1.54) is 11.1 Å². The fraction of sp³-hybridized carbons (Fsp3) is 0.536. The van der Waals surface area contributed by atoms with Gasteiger partial charge in [-0.15, -0.1) is 0 Å². The van der Waals surface area contributed by atoms with Crippen LogP contribution in [0, 0.1) is 18.8 Å².